The van der Waals surface area contributed by atoms with Gasteiger partial charge in [-0.15, -0.1) is 0 Å². The summed E-state index contributed by atoms with van der Waals surface area (Å²) < 4.78 is 9.24. The van der Waals surface area contributed by atoms with Gasteiger partial charge in [-0.25, -0.2) is 9.59 Å². The number of methoxy groups -OCH3 is 1. The van der Waals surface area contributed by atoms with Crippen LogP contribution in [0.1, 0.15) is 10.4 Å². The molecule has 0 atom stereocenters. The van der Waals surface area contributed by atoms with Gasteiger partial charge in [-0.05, 0) is 24.3 Å². The van der Waals surface area contributed by atoms with E-state index < -0.39 is 23.6 Å². The van der Waals surface area contributed by atoms with E-state index in [0.29, 0.717) is 0 Å². The van der Waals surface area contributed by atoms with Crippen LogP contribution < -0.4 is 4.74 Å². The number of rotatable bonds is 5. The Bertz CT molecular complexity index is 615. The molecule has 0 spiro atoms. The Morgan fingerprint density at radius 1 is 0.955 bits per heavy atom. The maximum absolute atomic E-state index is 11.8. The van der Waals surface area contributed by atoms with Gasteiger partial charge < -0.3 is 14.4 Å². The lowest BCUT2D eigenvalue weighted by Gasteiger charge is -2.09. The minimum atomic E-state index is -0.770. The molecule has 0 aromatic heterocycles. The van der Waals surface area contributed by atoms with E-state index in [4.69, 9.17) is 4.74 Å². The van der Waals surface area contributed by atoms with Crippen LogP contribution in [-0.4, -0.2) is 49.7 Å². The lowest BCUT2D eigenvalue weighted by Crippen LogP contribution is -2.29. The van der Waals surface area contributed by atoms with E-state index in [1.807, 2.05) is 0 Å². The summed E-state index contributed by atoms with van der Waals surface area (Å²) in [5, 5.41) is 0. The fourth-order valence-corrected chi connectivity index (χ4v) is 1.36. The lowest BCUT2D eigenvalue weighted by molar-refractivity contribution is -0.135. The maximum Gasteiger partial charge on any atom is 0.336 e. The van der Waals surface area contributed by atoms with Gasteiger partial charge in [-0.1, -0.05) is 0 Å². The van der Waals surface area contributed by atoms with E-state index >= 15 is 0 Å². The maximum atomic E-state index is 11.8. The molecule has 1 rings (SSSR count). The van der Waals surface area contributed by atoms with Crippen molar-refractivity contribution in [1.82, 2.24) is 4.90 Å². The second-order valence-corrected chi connectivity index (χ2v) is 4.33. The van der Waals surface area contributed by atoms with Crippen LogP contribution in [0, 0.1) is 0 Å². The van der Waals surface area contributed by atoms with Crippen molar-refractivity contribution in [2.75, 3.05) is 21.2 Å². The highest BCUT2D eigenvalue weighted by molar-refractivity contribution is 6.42. The summed E-state index contributed by atoms with van der Waals surface area (Å²) in [6, 6.07) is 5.49. The summed E-state index contributed by atoms with van der Waals surface area (Å²) in [4.78, 5) is 46.7. The molecule has 0 saturated carbocycles. The Morgan fingerprint density at radius 3 is 2.00 bits per heavy atom. The largest absolute Gasteiger partial charge is 0.466 e. The highest BCUT2D eigenvalue weighted by Gasteiger charge is 2.17. The molecule has 0 bridgehead atoms. The Morgan fingerprint density at radius 2 is 1.50 bits per heavy atom. The van der Waals surface area contributed by atoms with Crippen molar-refractivity contribution in [2.24, 2.45) is 0 Å². The number of amides is 1. The van der Waals surface area contributed by atoms with Crippen molar-refractivity contribution in [3.05, 3.63) is 42.0 Å². The monoisotopic (exact) mass is 305 g/mol. The van der Waals surface area contributed by atoms with Crippen LogP contribution in [0.5, 0.6) is 5.75 Å². The Hall–Kier alpha value is -2.96. The molecular formula is C15H15NO6. The third-order valence-electron chi connectivity index (χ3n) is 2.49. The smallest absolute Gasteiger partial charge is 0.336 e. The number of esters is 2. The van der Waals surface area contributed by atoms with Crippen molar-refractivity contribution >= 4 is 23.6 Å². The topological polar surface area (TPSA) is 90.0 Å². The number of carbonyl (C=O) groups excluding carboxylic acids is 4. The normalized spacial score (nSPS) is 10.1. The van der Waals surface area contributed by atoms with Gasteiger partial charge in [0.25, 0.3) is 5.91 Å². The first-order chi connectivity index (χ1) is 10.3. The van der Waals surface area contributed by atoms with Crippen LogP contribution in [-0.2, 0) is 19.1 Å². The van der Waals surface area contributed by atoms with Crippen molar-refractivity contribution < 1.29 is 28.7 Å². The van der Waals surface area contributed by atoms with Gasteiger partial charge in [0, 0.05) is 31.8 Å². The van der Waals surface area contributed by atoms with Crippen molar-refractivity contribution in [1.29, 1.82) is 0 Å². The zero-order valence-electron chi connectivity index (χ0n) is 12.4. The molecule has 22 heavy (non-hydrogen) atoms. The van der Waals surface area contributed by atoms with Crippen molar-refractivity contribution in [3.63, 3.8) is 0 Å². The third-order valence-corrected chi connectivity index (χ3v) is 2.49. The summed E-state index contributed by atoms with van der Waals surface area (Å²) in [5.74, 6) is -2.58. The molecule has 0 heterocycles. The molecule has 0 saturated heterocycles. The molecule has 0 N–H and O–H groups in total. The van der Waals surface area contributed by atoms with Gasteiger partial charge >= 0.3 is 11.9 Å². The number of nitrogens with zero attached hydrogens (tertiary/aromatic N) is 1. The van der Waals surface area contributed by atoms with E-state index in [2.05, 4.69) is 4.74 Å². The number of ether oxygens (including phenoxy) is 2. The zero-order chi connectivity index (χ0) is 16.7. The number of hydrogen-bond acceptors (Lipinski definition) is 6. The van der Waals surface area contributed by atoms with Gasteiger partial charge in [0.15, 0.2) is 0 Å². The van der Waals surface area contributed by atoms with Gasteiger partial charge in [-0.3, -0.25) is 9.59 Å². The van der Waals surface area contributed by atoms with Gasteiger partial charge in [-0.2, -0.15) is 0 Å². The van der Waals surface area contributed by atoms with Gasteiger partial charge in [0.05, 0.1) is 7.11 Å². The van der Waals surface area contributed by atoms with Crippen molar-refractivity contribution in [3.8, 4) is 5.75 Å². The minimum Gasteiger partial charge on any atom is -0.466 e. The Labute approximate surface area is 127 Å². The second kappa shape index (κ2) is 7.72. The van der Waals surface area contributed by atoms with Crippen LogP contribution in [0.15, 0.2) is 36.4 Å². The Balaban J connectivity index is 2.71. The minimum absolute atomic E-state index is 0.174. The fraction of sp³-hybridized carbons (Fsp3) is 0.200. The quantitative estimate of drug-likeness (QED) is 0.260. The molecule has 116 valence electrons. The molecule has 0 fully saturated rings. The number of ketones is 1. The van der Waals surface area contributed by atoms with Gasteiger partial charge in [0.2, 0.25) is 5.78 Å². The summed E-state index contributed by atoms with van der Waals surface area (Å²) in [6.45, 7) is 0. The number of benzene rings is 1. The highest BCUT2D eigenvalue weighted by Crippen LogP contribution is 2.13. The summed E-state index contributed by atoms with van der Waals surface area (Å²) in [5.41, 5.74) is 0.184. The van der Waals surface area contributed by atoms with E-state index in [-0.39, 0.29) is 11.3 Å². The van der Waals surface area contributed by atoms with E-state index in [1.165, 1.54) is 50.4 Å². The van der Waals surface area contributed by atoms with E-state index in [0.717, 1.165) is 12.2 Å². The molecule has 0 unspecified atom stereocenters. The van der Waals surface area contributed by atoms with Crippen LogP contribution in [0.25, 0.3) is 0 Å². The Kier molecular flexibility index (Phi) is 6.00. The summed E-state index contributed by atoms with van der Waals surface area (Å²) in [6.07, 6.45) is 1.84. The average molecular weight is 305 g/mol. The molecule has 1 amide bonds. The molecule has 0 radical (unpaired) electrons. The van der Waals surface area contributed by atoms with Crippen molar-refractivity contribution in [2.45, 2.75) is 0 Å². The molecule has 0 aliphatic heterocycles. The lowest BCUT2D eigenvalue weighted by atomic mass is 10.1. The summed E-state index contributed by atoms with van der Waals surface area (Å²) in [7, 11) is 4.14. The molecule has 7 heteroatoms. The zero-order valence-corrected chi connectivity index (χ0v) is 12.4. The fourth-order valence-electron chi connectivity index (χ4n) is 1.36. The van der Waals surface area contributed by atoms with Crippen LogP contribution in [0.4, 0.5) is 0 Å². The third kappa shape index (κ3) is 4.86. The predicted octanol–water partition coefficient (Wildman–Crippen LogP) is 0.592. The number of carbonyl (C=O) groups is 4. The first-order valence-electron chi connectivity index (χ1n) is 6.19. The SMILES string of the molecule is COC(=O)/C=C/C(=O)Oc1ccc(C(=O)C(=O)N(C)C)cc1. The average Bonchev–Trinajstić information content (AvgIpc) is 2.51. The van der Waals surface area contributed by atoms with Crippen LogP contribution in [0.3, 0.4) is 0 Å². The summed E-state index contributed by atoms with van der Waals surface area (Å²) >= 11 is 0. The highest BCUT2D eigenvalue weighted by atomic mass is 16.5. The number of hydrogen-bond donors (Lipinski definition) is 0. The first-order valence-corrected chi connectivity index (χ1v) is 6.19. The molecular weight excluding hydrogens is 290 g/mol. The van der Waals surface area contributed by atoms with E-state index in [9.17, 15) is 19.2 Å². The standard InChI is InChI=1S/C15H15NO6/c1-16(2)15(20)14(19)10-4-6-11(7-5-10)22-13(18)9-8-12(17)21-3/h4-9H,1-3H3/b9-8+. The van der Waals surface area contributed by atoms with E-state index in [1.54, 1.807) is 0 Å². The molecule has 0 aliphatic carbocycles. The predicted molar refractivity (Wildman–Crippen MR) is 76.3 cm³/mol. The molecule has 1 aromatic carbocycles. The number of Topliss-reactive ketones (excluding diaryl/α,β-unsaturated/α-hetero) is 1. The van der Waals surface area contributed by atoms with Crippen LogP contribution in [0.2, 0.25) is 0 Å². The van der Waals surface area contributed by atoms with Crippen LogP contribution >= 0.6 is 0 Å². The first kappa shape index (κ1) is 17.1. The molecule has 1 aromatic rings. The van der Waals surface area contributed by atoms with Gasteiger partial charge in [0.1, 0.15) is 5.75 Å². The molecule has 0 aliphatic rings. The second-order valence-electron chi connectivity index (χ2n) is 4.33. The molecule has 7 nitrogen and oxygen atoms in total. The number of likely N-dealkylation sites (N-methyl/N-ethyl adjacent to an activating group) is 1.